The van der Waals surface area contributed by atoms with E-state index >= 15 is 0 Å². The molecule has 5 nitrogen and oxygen atoms in total. The Labute approximate surface area is 166 Å². The molecule has 0 unspecified atom stereocenters. The van der Waals surface area contributed by atoms with Crippen molar-refractivity contribution in [2.75, 3.05) is 46.0 Å². The topological polar surface area (TPSA) is 49.0 Å². The first kappa shape index (κ1) is 19.8. The minimum atomic E-state index is 0.440. The minimum Gasteiger partial charge on any atom is -0.487 e. The van der Waals surface area contributed by atoms with Crippen molar-refractivity contribution in [3.8, 4) is 23.8 Å². The Bertz CT molecular complexity index is 883. The Morgan fingerprint density at radius 1 is 1.04 bits per heavy atom. The van der Waals surface area contributed by atoms with E-state index in [1.54, 1.807) is 14.2 Å². The summed E-state index contributed by atoms with van der Waals surface area (Å²) in [5, 5.41) is 3.47. The molecule has 5 heteroatoms. The summed E-state index contributed by atoms with van der Waals surface area (Å²) in [6.45, 7) is 1.91. The number of methoxy groups -OCH3 is 2. The number of hydrogen-bond acceptors (Lipinski definition) is 5. The van der Waals surface area contributed by atoms with E-state index in [9.17, 15) is 0 Å². The number of terminal acetylenes is 1. The Morgan fingerprint density at radius 2 is 1.82 bits per heavy atom. The molecule has 0 aliphatic heterocycles. The van der Waals surface area contributed by atoms with Crippen molar-refractivity contribution in [3.05, 3.63) is 53.1 Å². The number of rotatable bonds is 10. The molecule has 0 saturated heterocycles. The average Bonchev–Trinajstić information content (AvgIpc) is 3.20. The van der Waals surface area contributed by atoms with Crippen molar-refractivity contribution < 1.29 is 18.9 Å². The molecule has 2 aromatic rings. The number of anilines is 2. The third-order valence-electron chi connectivity index (χ3n) is 4.38. The molecule has 0 heterocycles. The monoisotopic (exact) mass is 379 g/mol. The summed E-state index contributed by atoms with van der Waals surface area (Å²) in [6, 6.07) is 9.74. The van der Waals surface area contributed by atoms with E-state index < -0.39 is 0 Å². The van der Waals surface area contributed by atoms with E-state index in [2.05, 4.69) is 23.4 Å². The molecule has 146 valence electrons. The van der Waals surface area contributed by atoms with Crippen molar-refractivity contribution in [2.24, 2.45) is 0 Å². The zero-order valence-corrected chi connectivity index (χ0v) is 16.3. The quantitative estimate of drug-likeness (QED) is 0.499. The molecule has 0 fully saturated rings. The van der Waals surface area contributed by atoms with Gasteiger partial charge in [-0.1, -0.05) is 24.1 Å². The maximum absolute atomic E-state index is 6.01. The second-order valence-corrected chi connectivity index (χ2v) is 6.28. The predicted octanol–water partition coefficient (Wildman–Crippen LogP) is 4.03. The molecule has 0 radical (unpaired) electrons. The number of fused-ring (bicyclic) bond motifs is 1. The first-order valence-electron chi connectivity index (χ1n) is 9.20. The largest absolute Gasteiger partial charge is 0.487 e. The number of benzene rings is 2. The molecule has 0 bridgehead atoms. The van der Waals surface area contributed by atoms with Crippen LogP contribution in [0.3, 0.4) is 0 Å². The van der Waals surface area contributed by atoms with E-state index in [4.69, 9.17) is 25.4 Å². The number of nitrogens with one attached hydrogen (secondary N) is 1. The molecule has 1 N–H and O–H groups in total. The lowest BCUT2D eigenvalue weighted by Crippen LogP contribution is -2.11. The highest BCUT2D eigenvalue weighted by Crippen LogP contribution is 2.43. The Balaban J connectivity index is 1.95. The fourth-order valence-electron chi connectivity index (χ4n) is 3.07. The summed E-state index contributed by atoms with van der Waals surface area (Å²) in [5.41, 5.74) is 4.89. The maximum Gasteiger partial charge on any atom is 0.165 e. The van der Waals surface area contributed by atoms with Gasteiger partial charge in [-0.25, -0.2) is 0 Å². The smallest absolute Gasteiger partial charge is 0.165 e. The van der Waals surface area contributed by atoms with E-state index in [0.29, 0.717) is 32.2 Å². The van der Waals surface area contributed by atoms with E-state index in [1.165, 1.54) is 0 Å². The SMILES string of the molecule is C#Cc1cccc(Nc2cc(OCCOC)c(OCCOC)c3c2C=CC3)c1. The van der Waals surface area contributed by atoms with E-state index in [0.717, 1.165) is 40.2 Å². The van der Waals surface area contributed by atoms with E-state index in [1.807, 2.05) is 30.3 Å². The number of hydrogen-bond donors (Lipinski definition) is 1. The first-order chi connectivity index (χ1) is 13.8. The van der Waals surface area contributed by atoms with Crippen molar-refractivity contribution in [3.63, 3.8) is 0 Å². The minimum absolute atomic E-state index is 0.440. The molecule has 0 aromatic heterocycles. The van der Waals surface area contributed by atoms with Gasteiger partial charge in [-0.2, -0.15) is 0 Å². The van der Waals surface area contributed by atoms with Crippen LogP contribution < -0.4 is 14.8 Å². The van der Waals surface area contributed by atoms with Crippen molar-refractivity contribution in [2.45, 2.75) is 6.42 Å². The van der Waals surface area contributed by atoms with Gasteiger partial charge in [0, 0.05) is 42.7 Å². The summed E-state index contributed by atoms with van der Waals surface area (Å²) >= 11 is 0. The maximum atomic E-state index is 6.01. The summed E-state index contributed by atoms with van der Waals surface area (Å²) in [4.78, 5) is 0. The van der Waals surface area contributed by atoms with Crippen LogP contribution in [0.15, 0.2) is 36.4 Å². The fraction of sp³-hybridized carbons (Fsp3) is 0.304. The highest BCUT2D eigenvalue weighted by atomic mass is 16.5. The molecule has 2 aromatic carbocycles. The molecule has 0 atom stereocenters. The van der Waals surface area contributed by atoms with Gasteiger partial charge in [0.2, 0.25) is 0 Å². The Morgan fingerprint density at radius 3 is 2.57 bits per heavy atom. The summed E-state index contributed by atoms with van der Waals surface area (Å²) in [5.74, 6) is 4.11. The van der Waals surface area contributed by atoms with Crippen LogP contribution in [0.5, 0.6) is 11.5 Å². The van der Waals surface area contributed by atoms with E-state index in [-0.39, 0.29) is 0 Å². The summed E-state index contributed by atoms with van der Waals surface area (Å²) in [7, 11) is 3.31. The fourth-order valence-corrected chi connectivity index (χ4v) is 3.07. The van der Waals surface area contributed by atoms with Gasteiger partial charge in [0.1, 0.15) is 13.2 Å². The second-order valence-electron chi connectivity index (χ2n) is 6.28. The normalized spacial score (nSPS) is 11.8. The third-order valence-corrected chi connectivity index (χ3v) is 4.38. The van der Waals surface area contributed by atoms with Gasteiger partial charge in [-0.15, -0.1) is 6.42 Å². The zero-order valence-electron chi connectivity index (χ0n) is 16.3. The van der Waals surface area contributed by atoms with Crippen LogP contribution in [0.1, 0.15) is 16.7 Å². The van der Waals surface area contributed by atoms with Gasteiger partial charge in [0.15, 0.2) is 11.5 Å². The lowest BCUT2D eigenvalue weighted by molar-refractivity contribution is 0.132. The van der Waals surface area contributed by atoms with Crippen molar-refractivity contribution in [1.82, 2.24) is 0 Å². The molecule has 0 saturated carbocycles. The van der Waals surface area contributed by atoms with Crippen LogP contribution in [-0.2, 0) is 15.9 Å². The lowest BCUT2D eigenvalue weighted by atomic mass is 10.0. The van der Waals surface area contributed by atoms with Gasteiger partial charge in [-0.3, -0.25) is 0 Å². The highest BCUT2D eigenvalue weighted by Gasteiger charge is 2.21. The second kappa shape index (κ2) is 9.84. The molecule has 0 amide bonds. The number of ether oxygens (including phenoxy) is 4. The molecule has 1 aliphatic carbocycles. The standard InChI is InChI=1S/C23H25NO4/c1-4-17-7-5-8-18(15-17)24-21-16-22(27-13-11-25-2)23(28-14-12-26-3)20-10-6-9-19(20)21/h1,5-9,15-16,24H,10-14H2,2-3H3. The Kier molecular flexibility index (Phi) is 6.96. The lowest BCUT2D eigenvalue weighted by Gasteiger charge is -2.20. The van der Waals surface area contributed by atoms with Crippen molar-refractivity contribution in [1.29, 1.82) is 0 Å². The average molecular weight is 379 g/mol. The number of allylic oxidation sites excluding steroid dienone is 1. The van der Waals surface area contributed by atoms with Crippen molar-refractivity contribution >= 4 is 17.5 Å². The van der Waals surface area contributed by atoms with Crippen LogP contribution in [-0.4, -0.2) is 40.6 Å². The predicted molar refractivity (Wildman–Crippen MR) is 112 cm³/mol. The van der Waals surface area contributed by atoms with Crippen LogP contribution in [0.2, 0.25) is 0 Å². The molecule has 1 aliphatic rings. The van der Waals surface area contributed by atoms with Crippen LogP contribution >= 0.6 is 0 Å². The van der Waals surface area contributed by atoms with Crippen LogP contribution in [0, 0.1) is 12.3 Å². The molecule has 28 heavy (non-hydrogen) atoms. The summed E-state index contributed by atoms with van der Waals surface area (Å²) < 4.78 is 22.2. The van der Waals surface area contributed by atoms with Gasteiger partial charge < -0.3 is 24.3 Å². The Hall–Kier alpha value is -2.94. The first-order valence-corrected chi connectivity index (χ1v) is 9.20. The third kappa shape index (κ3) is 4.66. The highest BCUT2D eigenvalue weighted by molar-refractivity contribution is 5.81. The molecular weight excluding hydrogens is 354 g/mol. The summed E-state index contributed by atoms with van der Waals surface area (Å²) in [6.07, 6.45) is 10.5. The van der Waals surface area contributed by atoms with Gasteiger partial charge in [0.05, 0.1) is 18.9 Å². The van der Waals surface area contributed by atoms with Gasteiger partial charge >= 0.3 is 0 Å². The van der Waals surface area contributed by atoms with Crippen LogP contribution in [0.25, 0.3) is 6.08 Å². The van der Waals surface area contributed by atoms with Gasteiger partial charge in [-0.05, 0) is 24.6 Å². The zero-order chi connectivity index (χ0) is 19.8. The molecular formula is C23H25NO4. The van der Waals surface area contributed by atoms with Gasteiger partial charge in [0.25, 0.3) is 0 Å². The van der Waals surface area contributed by atoms with Crippen LogP contribution in [0.4, 0.5) is 11.4 Å². The molecule has 3 rings (SSSR count). The molecule has 0 spiro atoms.